The minimum Gasteiger partial charge on any atom is -0.450 e. The summed E-state index contributed by atoms with van der Waals surface area (Å²) in [5.74, 6) is -5.20. The molecule has 5 aromatic carbocycles. The lowest BCUT2D eigenvalue weighted by atomic mass is 10.1. The number of imide groups is 4. The van der Waals surface area contributed by atoms with Crippen molar-refractivity contribution in [3.05, 3.63) is 118 Å². The van der Waals surface area contributed by atoms with E-state index < -0.39 is 104 Å². The molecule has 0 atom stereocenters. The maximum atomic E-state index is 15.2. The van der Waals surface area contributed by atoms with Crippen LogP contribution in [0.5, 0.6) is 23.0 Å². The highest BCUT2D eigenvalue weighted by Gasteiger charge is 2.44. The summed E-state index contributed by atoms with van der Waals surface area (Å²) in [7, 11) is 5.98. The molecule has 98 heavy (non-hydrogen) atoms. The Labute approximate surface area is 568 Å². The third kappa shape index (κ3) is 19.1. The van der Waals surface area contributed by atoms with Gasteiger partial charge in [0.15, 0.2) is 23.0 Å². The smallest absolute Gasteiger partial charge is 0.422 e. The highest BCUT2D eigenvalue weighted by molar-refractivity contribution is 6.21. The molecule has 2 heterocycles. The van der Waals surface area contributed by atoms with Crippen LogP contribution in [0.15, 0.2) is 94.9 Å². The fourth-order valence-corrected chi connectivity index (χ4v) is 9.92. The van der Waals surface area contributed by atoms with Crippen molar-refractivity contribution in [2.45, 2.75) is 105 Å². The van der Waals surface area contributed by atoms with Gasteiger partial charge in [-0.3, -0.25) is 19.2 Å². The van der Waals surface area contributed by atoms with Crippen LogP contribution in [-0.4, -0.2) is 178 Å². The molecule has 0 unspecified atom stereocenters. The summed E-state index contributed by atoms with van der Waals surface area (Å²) >= 11 is 0. The van der Waals surface area contributed by atoms with Gasteiger partial charge in [-0.25, -0.2) is 48.8 Å². The monoisotopic (exact) mass is 1360 g/mol. The molecule has 2 aliphatic rings. The highest BCUT2D eigenvalue weighted by atomic mass is 16.6. The predicted molar refractivity (Wildman–Crippen MR) is 356 cm³/mol. The number of rotatable bonds is 30. The van der Waals surface area contributed by atoms with Gasteiger partial charge in [0.05, 0.1) is 90.7 Å². The van der Waals surface area contributed by atoms with Crippen LogP contribution in [0.1, 0.15) is 101 Å². The third-order valence-electron chi connectivity index (χ3n) is 14.5. The zero-order chi connectivity index (χ0) is 71.9. The van der Waals surface area contributed by atoms with Crippen LogP contribution in [0.4, 0.5) is 53.3 Å². The average Bonchev–Trinajstić information content (AvgIpc) is 0.712. The van der Waals surface area contributed by atoms with Gasteiger partial charge in [0.1, 0.15) is 55.9 Å². The molecule has 0 fully saturated rings. The van der Waals surface area contributed by atoms with E-state index in [0.29, 0.717) is 9.80 Å². The second-order valence-electron chi connectivity index (χ2n) is 25.1. The number of methoxy groups -OCH3 is 4. The topological polar surface area (TPSA) is 303 Å². The second kappa shape index (κ2) is 33.3. The number of carbonyl (C=O) groups excluding carboxylic acids is 8. The van der Waals surface area contributed by atoms with Crippen molar-refractivity contribution in [2.75, 3.05) is 127 Å². The number of hydrogen-bond acceptors (Lipinski definition) is 24. The fourth-order valence-electron chi connectivity index (χ4n) is 9.92. The maximum absolute atomic E-state index is 15.2. The SMILES string of the molecule is COCCOCC(C)(C)OC(=O)N(C(=O)c1ccccc1)c1cc2c(cc1C)N=c1c(c(N(C(C)=O)C(=O)OC(C)(C)COCCOC)c3c(c1N(C(C)=O)C(=O)OC(C)(C)COCCOC)Oc1cc(N(C(=O)OC(C)(C)COCCOC)C(=O)c4ccccc4)c(C)cc1N=3)O2. The number of hydrogen-bond donors (Lipinski definition) is 0. The highest BCUT2D eigenvalue weighted by Crippen LogP contribution is 2.49. The molecule has 7 rings (SSSR count). The van der Waals surface area contributed by atoms with E-state index in [4.69, 9.17) is 76.3 Å². The molecule has 0 spiro atoms. The Morgan fingerprint density at radius 3 is 0.939 bits per heavy atom. The molecular formula is C70H86N6O22. The van der Waals surface area contributed by atoms with Crippen molar-refractivity contribution >= 4 is 82.1 Å². The second-order valence-corrected chi connectivity index (χ2v) is 25.1. The Morgan fingerprint density at radius 1 is 0.398 bits per heavy atom. The quantitative estimate of drug-likeness (QED) is 0.0229. The normalized spacial score (nSPS) is 12.3. The molecule has 0 radical (unpaired) electrons. The molecule has 0 saturated heterocycles. The lowest BCUT2D eigenvalue weighted by Crippen LogP contribution is -2.48. The minimum atomic E-state index is -1.48. The Balaban J connectivity index is 1.56. The van der Waals surface area contributed by atoms with E-state index in [1.807, 2.05) is 0 Å². The summed E-state index contributed by atoms with van der Waals surface area (Å²) in [5.41, 5.74) is -6.39. The molecule has 0 N–H and O–H groups in total. The van der Waals surface area contributed by atoms with Gasteiger partial charge in [-0.2, -0.15) is 0 Å². The van der Waals surface area contributed by atoms with Gasteiger partial charge in [-0.05, 0) is 117 Å². The summed E-state index contributed by atoms with van der Waals surface area (Å²) in [6.45, 7) is 18.6. The Kier molecular flexibility index (Phi) is 25.9. The Morgan fingerprint density at radius 2 is 0.673 bits per heavy atom. The van der Waals surface area contributed by atoms with Gasteiger partial charge >= 0.3 is 24.4 Å². The van der Waals surface area contributed by atoms with E-state index in [1.54, 1.807) is 77.9 Å². The number of amides is 8. The van der Waals surface area contributed by atoms with E-state index in [-0.39, 0.29) is 136 Å². The molecule has 2 aliphatic heterocycles. The van der Waals surface area contributed by atoms with Crippen molar-refractivity contribution in [2.24, 2.45) is 9.98 Å². The van der Waals surface area contributed by atoms with Crippen LogP contribution in [0.2, 0.25) is 0 Å². The van der Waals surface area contributed by atoms with E-state index >= 15 is 9.59 Å². The van der Waals surface area contributed by atoms with Crippen LogP contribution in [0.3, 0.4) is 0 Å². The molecule has 0 bridgehead atoms. The van der Waals surface area contributed by atoms with Crippen LogP contribution < -0.4 is 39.8 Å². The van der Waals surface area contributed by atoms with E-state index in [2.05, 4.69) is 0 Å². The number of anilines is 4. The fraction of sp³-hybridized carbons (Fsp3) is 0.457. The van der Waals surface area contributed by atoms with Gasteiger partial charge in [0.25, 0.3) is 11.8 Å². The first-order chi connectivity index (χ1) is 46.4. The first-order valence-electron chi connectivity index (χ1n) is 31.3. The van der Waals surface area contributed by atoms with E-state index in [1.165, 1.54) is 105 Å². The van der Waals surface area contributed by atoms with E-state index in [9.17, 15) is 28.8 Å². The lowest BCUT2D eigenvalue weighted by Gasteiger charge is -2.33. The molecule has 28 heteroatoms. The molecule has 5 aromatic rings. The Hall–Kier alpha value is -9.26. The third-order valence-corrected chi connectivity index (χ3v) is 14.5. The van der Waals surface area contributed by atoms with Crippen molar-refractivity contribution in [1.29, 1.82) is 0 Å². The van der Waals surface area contributed by atoms with E-state index in [0.717, 1.165) is 23.6 Å². The van der Waals surface area contributed by atoms with Crippen LogP contribution in [-0.2, 0) is 66.4 Å². The predicted octanol–water partition coefficient (Wildman–Crippen LogP) is 10.7. The summed E-state index contributed by atoms with van der Waals surface area (Å²) < 4.78 is 81.6. The number of nitrogens with zero attached hydrogens (tertiary/aromatic N) is 6. The summed E-state index contributed by atoms with van der Waals surface area (Å²) in [5, 5.41) is -0.920. The van der Waals surface area contributed by atoms with Crippen molar-refractivity contribution in [3.8, 4) is 23.0 Å². The largest absolute Gasteiger partial charge is 0.450 e. The molecule has 0 saturated carbocycles. The molecule has 0 aliphatic carbocycles. The first-order valence-corrected chi connectivity index (χ1v) is 31.3. The minimum absolute atomic E-state index is 0.0695. The maximum Gasteiger partial charge on any atom is 0.422 e. The Bertz CT molecular complexity index is 3630. The van der Waals surface area contributed by atoms with Crippen molar-refractivity contribution in [3.63, 3.8) is 0 Å². The zero-order valence-corrected chi connectivity index (χ0v) is 58.2. The van der Waals surface area contributed by atoms with Crippen LogP contribution in [0, 0.1) is 13.8 Å². The number of ether oxygens (including phenoxy) is 14. The number of benzene rings is 5. The molecule has 0 aromatic heterocycles. The number of fused-ring (bicyclic) bond motifs is 4. The standard InChI is InChI=1S/C70H86N6O22/c1-43-35-49-53(37-51(43)75(61(79)47-23-19-17-20-24-47)65(83)97-69(9,10)41-91-33-29-87-15)93-59-55(71-49)57(73(45(3)77)63(81)95-67(5,6)39-89-31-27-85-13)60-56(58(59)74(46(4)78)64(82)96-68(7,8)40-90-32-28-86-14)72-50-36-44(2)52(38-54(50)94-60)76(62(80)48-25-21-18-22-26-48)66(84)98-70(11,12)42-92-34-30-88-16/h17-26,35-38H,27-34,39-42H2,1-16H3. The van der Waals surface area contributed by atoms with Gasteiger partial charge in [-0.1, -0.05) is 36.4 Å². The van der Waals surface area contributed by atoms with Gasteiger partial charge < -0.3 is 66.3 Å². The first kappa shape index (κ1) is 76.1. The summed E-state index contributed by atoms with van der Waals surface area (Å²) in [6.07, 6.45) is -4.90. The van der Waals surface area contributed by atoms with Crippen molar-refractivity contribution in [1.82, 2.24) is 0 Å². The summed E-state index contributed by atoms with van der Waals surface area (Å²) in [4.78, 5) is 132. The molecule has 28 nitrogen and oxygen atoms in total. The molecule has 8 amide bonds. The average molecular weight is 1360 g/mol. The zero-order valence-electron chi connectivity index (χ0n) is 58.2. The molecule has 528 valence electrons. The van der Waals surface area contributed by atoms with Gasteiger partial charge in [-0.15, -0.1) is 0 Å². The van der Waals surface area contributed by atoms with Crippen molar-refractivity contribution < 1.29 is 105 Å². The van der Waals surface area contributed by atoms with Gasteiger partial charge in [0, 0.05) is 65.5 Å². The number of aryl methyl sites for hydroxylation is 2. The lowest BCUT2D eigenvalue weighted by molar-refractivity contribution is -0.117. The van der Waals surface area contributed by atoms with Crippen LogP contribution in [0.25, 0.3) is 0 Å². The van der Waals surface area contributed by atoms with Gasteiger partial charge in [0.2, 0.25) is 11.8 Å². The molecular weight excluding hydrogens is 1280 g/mol. The summed E-state index contributed by atoms with van der Waals surface area (Å²) in [6, 6.07) is 21.3. The number of carbonyl (C=O) groups is 8. The van der Waals surface area contributed by atoms with Crippen LogP contribution >= 0.6 is 0 Å².